The molecule has 9 heteroatoms. The quantitative estimate of drug-likeness (QED) is 0.541. The summed E-state index contributed by atoms with van der Waals surface area (Å²) in [4.78, 5) is 28.6. The van der Waals surface area contributed by atoms with Crippen LogP contribution in [-0.2, 0) is 7.05 Å². The second-order valence-corrected chi connectivity index (χ2v) is 7.77. The third-order valence-electron chi connectivity index (χ3n) is 5.47. The zero-order valence-corrected chi connectivity index (χ0v) is 17.5. The van der Waals surface area contributed by atoms with Gasteiger partial charge in [0.25, 0.3) is 5.91 Å². The van der Waals surface area contributed by atoms with Crippen LogP contribution in [-0.4, -0.2) is 43.7 Å². The van der Waals surface area contributed by atoms with Gasteiger partial charge in [0.2, 0.25) is 5.89 Å². The normalized spacial score (nSPS) is 14.2. The van der Waals surface area contributed by atoms with E-state index in [0.717, 1.165) is 54.0 Å². The maximum Gasteiger partial charge on any atom is 0.277 e. The molecule has 4 aromatic rings. The Morgan fingerprint density at radius 1 is 1.16 bits per heavy atom. The first kappa shape index (κ1) is 19.2. The van der Waals surface area contributed by atoms with Crippen molar-refractivity contribution in [1.82, 2.24) is 24.7 Å². The minimum absolute atomic E-state index is 0.209. The summed E-state index contributed by atoms with van der Waals surface area (Å²) in [5, 5.41) is 8.15. The molecule has 1 aliphatic heterocycles. The molecule has 0 aromatic carbocycles. The van der Waals surface area contributed by atoms with E-state index >= 15 is 0 Å². The Morgan fingerprint density at radius 3 is 2.81 bits per heavy atom. The SMILES string of the molecule is Cc1cc(-c2nc(C(=O)Nc3cc4cnn(C)c4nc3N3CCCCC3)co2)ccn1. The number of amides is 1. The molecule has 5 rings (SSSR count). The van der Waals surface area contributed by atoms with Gasteiger partial charge in [0, 0.05) is 43.0 Å². The lowest BCUT2D eigenvalue weighted by molar-refractivity contribution is 0.102. The molecule has 4 aromatic heterocycles. The van der Waals surface area contributed by atoms with Crippen LogP contribution in [0.25, 0.3) is 22.5 Å². The summed E-state index contributed by atoms with van der Waals surface area (Å²) in [5.41, 5.74) is 3.27. The van der Waals surface area contributed by atoms with Gasteiger partial charge in [-0.25, -0.2) is 9.97 Å². The van der Waals surface area contributed by atoms with E-state index in [2.05, 4.69) is 25.3 Å². The van der Waals surface area contributed by atoms with Crippen molar-refractivity contribution in [2.45, 2.75) is 26.2 Å². The first-order valence-electron chi connectivity index (χ1n) is 10.4. The van der Waals surface area contributed by atoms with Gasteiger partial charge in [-0.3, -0.25) is 14.5 Å². The molecule has 0 atom stereocenters. The maximum atomic E-state index is 13.0. The Balaban J connectivity index is 1.46. The van der Waals surface area contributed by atoms with E-state index in [4.69, 9.17) is 9.40 Å². The van der Waals surface area contributed by atoms with E-state index in [9.17, 15) is 4.79 Å². The molecule has 1 amide bonds. The minimum atomic E-state index is -0.343. The van der Waals surface area contributed by atoms with Crippen LogP contribution >= 0.6 is 0 Å². The van der Waals surface area contributed by atoms with E-state index in [-0.39, 0.29) is 11.6 Å². The second-order valence-electron chi connectivity index (χ2n) is 7.77. The summed E-state index contributed by atoms with van der Waals surface area (Å²) in [6.45, 7) is 3.72. The van der Waals surface area contributed by atoms with Crippen molar-refractivity contribution in [3.05, 3.63) is 48.2 Å². The Hall–Kier alpha value is -3.75. The van der Waals surface area contributed by atoms with Crippen molar-refractivity contribution in [2.24, 2.45) is 7.05 Å². The van der Waals surface area contributed by atoms with E-state index in [1.807, 2.05) is 26.1 Å². The molecule has 1 N–H and O–H groups in total. The molecule has 0 radical (unpaired) electrons. The fourth-order valence-corrected chi connectivity index (χ4v) is 3.88. The standard InChI is InChI=1S/C22H23N7O2/c1-14-10-15(6-7-23-14)22-26-18(13-31-22)21(30)25-17-11-16-12-24-28(2)19(16)27-20(17)29-8-4-3-5-9-29/h6-7,10-13H,3-5,8-9H2,1-2H3,(H,25,30). The number of aryl methyl sites for hydroxylation is 2. The van der Waals surface area contributed by atoms with Gasteiger partial charge in [0.15, 0.2) is 17.2 Å². The number of rotatable bonds is 4. The number of pyridine rings is 2. The minimum Gasteiger partial charge on any atom is -0.444 e. The highest BCUT2D eigenvalue weighted by Crippen LogP contribution is 2.30. The van der Waals surface area contributed by atoms with Gasteiger partial charge in [-0.15, -0.1) is 0 Å². The molecule has 1 aliphatic rings. The number of piperidine rings is 1. The van der Waals surface area contributed by atoms with Gasteiger partial charge in [-0.05, 0) is 44.4 Å². The van der Waals surface area contributed by atoms with Gasteiger partial charge < -0.3 is 14.6 Å². The van der Waals surface area contributed by atoms with Crippen LogP contribution in [0.2, 0.25) is 0 Å². The zero-order valence-electron chi connectivity index (χ0n) is 17.5. The molecule has 5 heterocycles. The molecule has 1 saturated heterocycles. The molecule has 158 valence electrons. The number of nitrogens with one attached hydrogen (secondary N) is 1. The van der Waals surface area contributed by atoms with Gasteiger partial charge in [-0.2, -0.15) is 5.10 Å². The smallest absolute Gasteiger partial charge is 0.277 e. The fraction of sp³-hybridized carbons (Fsp3) is 0.318. The number of hydrogen-bond acceptors (Lipinski definition) is 7. The van der Waals surface area contributed by atoms with Crippen LogP contribution in [0.4, 0.5) is 11.5 Å². The van der Waals surface area contributed by atoms with Crippen LogP contribution in [0.1, 0.15) is 35.4 Å². The van der Waals surface area contributed by atoms with Gasteiger partial charge in [0.05, 0.1) is 11.9 Å². The zero-order chi connectivity index (χ0) is 21.4. The Labute approximate surface area is 179 Å². The van der Waals surface area contributed by atoms with E-state index in [1.165, 1.54) is 12.7 Å². The third-order valence-corrected chi connectivity index (χ3v) is 5.47. The molecule has 0 aliphatic carbocycles. The summed E-state index contributed by atoms with van der Waals surface area (Å²) in [6, 6.07) is 5.59. The largest absolute Gasteiger partial charge is 0.444 e. The molecular formula is C22H23N7O2. The number of carbonyl (C=O) groups excluding carboxylic acids is 1. The van der Waals surface area contributed by atoms with E-state index in [1.54, 1.807) is 23.1 Å². The molecule has 1 fully saturated rings. The second kappa shape index (κ2) is 7.82. The lowest BCUT2D eigenvalue weighted by Gasteiger charge is -2.29. The number of anilines is 2. The number of nitrogens with zero attached hydrogens (tertiary/aromatic N) is 6. The number of aromatic nitrogens is 5. The van der Waals surface area contributed by atoms with Crippen molar-refractivity contribution >= 4 is 28.4 Å². The number of hydrogen-bond donors (Lipinski definition) is 1. The van der Waals surface area contributed by atoms with E-state index < -0.39 is 0 Å². The van der Waals surface area contributed by atoms with Crippen molar-refractivity contribution in [3.8, 4) is 11.5 Å². The van der Waals surface area contributed by atoms with Crippen molar-refractivity contribution in [2.75, 3.05) is 23.3 Å². The topological polar surface area (TPSA) is 102 Å². The maximum absolute atomic E-state index is 13.0. The summed E-state index contributed by atoms with van der Waals surface area (Å²) in [7, 11) is 1.87. The fourth-order valence-electron chi connectivity index (χ4n) is 3.88. The Bertz CT molecular complexity index is 1250. The molecule has 0 unspecified atom stereocenters. The van der Waals surface area contributed by atoms with Gasteiger partial charge in [-0.1, -0.05) is 0 Å². The van der Waals surface area contributed by atoms with E-state index in [0.29, 0.717) is 11.6 Å². The molecule has 0 spiro atoms. The van der Waals surface area contributed by atoms with Gasteiger partial charge >= 0.3 is 0 Å². The lowest BCUT2D eigenvalue weighted by Crippen LogP contribution is -2.31. The summed E-state index contributed by atoms with van der Waals surface area (Å²) in [6.07, 6.45) is 8.23. The average Bonchev–Trinajstić information content (AvgIpc) is 3.41. The lowest BCUT2D eigenvalue weighted by atomic mass is 10.1. The summed E-state index contributed by atoms with van der Waals surface area (Å²) in [5.74, 6) is 0.800. The number of fused-ring (bicyclic) bond motifs is 1. The molecule has 31 heavy (non-hydrogen) atoms. The van der Waals surface area contributed by atoms with Crippen molar-refractivity contribution in [3.63, 3.8) is 0 Å². The molecular weight excluding hydrogens is 394 g/mol. The monoisotopic (exact) mass is 417 g/mol. The highest BCUT2D eigenvalue weighted by molar-refractivity contribution is 6.05. The highest BCUT2D eigenvalue weighted by Gasteiger charge is 2.21. The highest BCUT2D eigenvalue weighted by atomic mass is 16.3. The summed E-state index contributed by atoms with van der Waals surface area (Å²) < 4.78 is 7.29. The molecule has 0 bridgehead atoms. The Morgan fingerprint density at radius 2 is 2.00 bits per heavy atom. The molecule has 0 saturated carbocycles. The number of carbonyl (C=O) groups is 1. The van der Waals surface area contributed by atoms with Crippen LogP contribution in [0.15, 0.2) is 41.3 Å². The van der Waals surface area contributed by atoms with Crippen molar-refractivity contribution in [1.29, 1.82) is 0 Å². The van der Waals surface area contributed by atoms with Crippen molar-refractivity contribution < 1.29 is 9.21 Å². The molecule has 9 nitrogen and oxygen atoms in total. The third kappa shape index (κ3) is 3.74. The Kier molecular flexibility index (Phi) is 4.85. The van der Waals surface area contributed by atoms with Crippen LogP contribution < -0.4 is 10.2 Å². The number of oxazole rings is 1. The van der Waals surface area contributed by atoms with Crippen LogP contribution in [0, 0.1) is 6.92 Å². The first-order valence-corrected chi connectivity index (χ1v) is 10.4. The first-order chi connectivity index (χ1) is 15.1. The van der Waals surface area contributed by atoms with Gasteiger partial charge in [0.1, 0.15) is 6.26 Å². The predicted molar refractivity (Wildman–Crippen MR) is 117 cm³/mol. The summed E-state index contributed by atoms with van der Waals surface area (Å²) >= 11 is 0. The van der Waals surface area contributed by atoms with Crippen LogP contribution in [0.3, 0.4) is 0 Å². The average molecular weight is 417 g/mol. The predicted octanol–water partition coefficient (Wildman–Crippen LogP) is 3.57. The van der Waals surface area contributed by atoms with Crippen LogP contribution in [0.5, 0.6) is 0 Å².